The third kappa shape index (κ3) is 2.73. The summed E-state index contributed by atoms with van der Waals surface area (Å²) in [6.07, 6.45) is -4.63. The van der Waals surface area contributed by atoms with E-state index in [-0.39, 0.29) is 17.9 Å². The van der Waals surface area contributed by atoms with Crippen LogP contribution < -0.4 is 4.90 Å². The number of nitrogens with zero attached hydrogens (tertiary/aromatic N) is 5. The molecule has 23 heavy (non-hydrogen) atoms. The molecule has 0 spiro atoms. The van der Waals surface area contributed by atoms with Gasteiger partial charge in [0.15, 0.2) is 11.5 Å². The van der Waals surface area contributed by atoms with E-state index in [0.29, 0.717) is 24.5 Å². The zero-order valence-corrected chi connectivity index (χ0v) is 13.3. The van der Waals surface area contributed by atoms with Crippen LogP contribution in [0, 0.1) is 13.8 Å². The zero-order chi connectivity index (χ0) is 16.9. The minimum atomic E-state index is -4.60. The van der Waals surface area contributed by atoms with Crippen molar-refractivity contribution in [3.63, 3.8) is 0 Å². The molecule has 0 radical (unpaired) electrons. The molecule has 9 heteroatoms. The Bertz CT molecular complexity index is 732. The lowest BCUT2D eigenvalue weighted by Crippen LogP contribution is -2.46. The second kappa shape index (κ2) is 5.33. The van der Waals surface area contributed by atoms with Gasteiger partial charge in [-0.25, -0.2) is 0 Å². The molecule has 3 heterocycles. The van der Waals surface area contributed by atoms with E-state index in [4.69, 9.17) is 4.74 Å². The van der Waals surface area contributed by atoms with E-state index in [1.807, 2.05) is 25.7 Å². The number of rotatable bonds is 1. The van der Waals surface area contributed by atoms with E-state index in [2.05, 4.69) is 15.3 Å². The Morgan fingerprint density at radius 1 is 1.04 bits per heavy atom. The van der Waals surface area contributed by atoms with Gasteiger partial charge in [-0.2, -0.15) is 17.7 Å². The Morgan fingerprint density at radius 2 is 1.65 bits per heavy atom. The maximum absolute atomic E-state index is 13.1. The fraction of sp³-hybridized carbons (Fsp3) is 0.643. The van der Waals surface area contributed by atoms with Gasteiger partial charge in [-0.05, 0) is 27.7 Å². The molecule has 6 nitrogen and oxygen atoms in total. The van der Waals surface area contributed by atoms with Crippen molar-refractivity contribution in [2.75, 3.05) is 18.0 Å². The summed E-state index contributed by atoms with van der Waals surface area (Å²) >= 11 is 0. The van der Waals surface area contributed by atoms with E-state index >= 15 is 0 Å². The number of morpholine rings is 1. The van der Waals surface area contributed by atoms with Crippen molar-refractivity contribution in [2.45, 2.75) is 46.1 Å². The van der Waals surface area contributed by atoms with Gasteiger partial charge in [-0.1, -0.05) is 0 Å². The Balaban J connectivity index is 2.15. The number of fused-ring (bicyclic) bond motifs is 1. The van der Waals surface area contributed by atoms with Crippen LogP contribution in [0.15, 0.2) is 0 Å². The SMILES string of the molecule is Cc1c(N2CC(C)OC(C)C2)nn2c(C(F)(F)F)nnc2c1C. The minimum Gasteiger partial charge on any atom is -0.372 e. The first-order chi connectivity index (χ1) is 10.7. The van der Waals surface area contributed by atoms with Gasteiger partial charge in [-0.3, -0.25) is 0 Å². The lowest BCUT2D eigenvalue weighted by Gasteiger charge is -2.36. The van der Waals surface area contributed by atoms with Crippen LogP contribution >= 0.6 is 0 Å². The van der Waals surface area contributed by atoms with Gasteiger partial charge in [0.25, 0.3) is 5.82 Å². The van der Waals surface area contributed by atoms with E-state index < -0.39 is 12.0 Å². The van der Waals surface area contributed by atoms with Crippen molar-refractivity contribution in [1.82, 2.24) is 19.8 Å². The fourth-order valence-corrected chi connectivity index (χ4v) is 2.94. The van der Waals surface area contributed by atoms with Crippen LogP contribution in [0.25, 0.3) is 5.65 Å². The van der Waals surface area contributed by atoms with Gasteiger partial charge in [0.05, 0.1) is 12.2 Å². The molecule has 0 bridgehead atoms. The van der Waals surface area contributed by atoms with Crippen LogP contribution in [-0.4, -0.2) is 45.1 Å². The Morgan fingerprint density at radius 3 is 2.22 bits per heavy atom. The van der Waals surface area contributed by atoms with E-state index in [1.54, 1.807) is 6.92 Å². The third-order valence-corrected chi connectivity index (χ3v) is 4.04. The van der Waals surface area contributed by atoms with Crippen molar-refractivity contribution in [3.8, 4) is 0 Å². The molecule has 2 atom stereocenters. The van der Waals surface area contributed by atoms with Crippen LogP contribution in [0.2, 0.25) is 0 Å². The first kappa shape index (κ1) is 16.0. The van der Waals surface area contributed by atoms with Crippen molar-refractivity contribution in [3.05, 3.63) is 17.0 Å². The van der Waals surface area contributed by atoms with Crippen LogP contribution in [0.3, 0.4) is 0 Å². The van der Waals surface area contributed by atoms with E-state index in [1.165, 1.54) is 0 Å². The topological polar surface area (TPSA) is 55.5 Å². The van der Waals surface area contributed by atoms with Crippen molar-refractivity contribution in [2.24, 2.45) is 0 Å². The second-order valence-corrected chi connectivity index (χ2v) is 5.99. The van der Waals surface area contributed by atoms with Gasteiger partial charge in [0, 0.05) is 24.2 Å². The number of alkyl halides is 3. The molecule has 126 valence electrons. The van der Waals surface area contributed by atoms with Crippen molar-refractivity contribution >= 4 is 11.5 Å². The highest BCUT2D eigenvalue weighted by molar-refractivity contribution is 5.59. The number of anilines is 1. The van der Waals surface area contributed by atoms with Crippen molar-refractivity contribution < 1.29 is 17.9 Å². The molecule has 0 aliphatic carbocycles. The molecule has 0 amide bonds. The first-order valence-corrected chi connectivity index (χ1v) is 7.38. The molecule has 0 N–H and O–H groups in total. The quantitative estimate of drug-likeness (QED) is 0.804. The highest BCUT2D eigenvalue weighted by Crippen LogP contribution is 2.31. The molecular formula is C14H18F3N5O. The fourth-order valence-electron chi connectivity index (χ4n) is 2.94. The summed E-state index contributed by atoms with van der Waals surface area (Å²) in [5.74, 6) is -0.589. The highest BCUT2D eigenvalue weighted by atomic mass is 19.4. The lowest BCUT2D eigenvalue weighted by molar-refractivity contribution is -0.146. The minimum absolute atomic E-state index is 0.0149. The average Bonchev–Trinajstić information content (AvgIpc) is 2.85. The van der Waals surface area contributed by atoms with Gasteiger partial charge >= 0.3 is 6.18 Å². The summed E-state index contributed by atoms with van der Waals surface area (Å²) in [6.45, 7) is 8.59. The standard InChI is InChI=1S/C14H18F3N5O/c1-7-5-21(6-8(2)23-7)12-10(4)9(3)11-18-19-13(14(15,16)17)22(11)20-12/h7-8H,5-6H2,1-4H3. The Kier molecular flexibility index (Phi) is 3.70. The van der Waals surface area contributed by atoms with E-state index in [0.717, 1.165) is 10.1 Å². The van der Waals surface area contributed by atoms with Crippen LogP contribution in [0.1, 0.15) is 30.8 Å². The molecular weight excluding hydrogens is 311 g/mol. The summed E-state index contributed by atoms with van der Waals surface area (Å²) in [7, 11) is 0. The monoisotopic (exact) mass is 329 g/mol. The molecule has 1 aliphatic heterocycles. The lowest BCUT2D eigenvalue weighted by atomic mass is 10.1. The number of aromatic nitrogens is 4. The predicted molar refractivity (Wildman–Crippen MR) is 77.5 cm³/mol. The first-order valence-electron chi connectivity index (χ1n) is 7.38. The molecule has 2 aromatic heterocycles. The number of ether oxygens (including phenoxy) is 1. The number of halogens is 3. The molecule has 2 aromatic rings. The zero-order valence-electron chi connectivity index (χ0n) is 13.3. The summed E-state index contributed by atoms with van der Waals surface area (Å²) in [5.41, 5.74) is 1.58. The molecule has 0 saturated carbocycles. The molecule has 3 rings (SSSR count). The summed E-state index contributed by atoms with van der Waals surface area (Å²) in [5, 5.41) is 11.1. The predicted octanol–water partition coefficient (Wildman–Crippen LogP) is 2.37. The second-order valence-electron chi connectivity index (χ2n) is 5.99. The largest absolute Gasteiger partial charge is 0.453 e. The molecule has 1 fully saturated rings. The summed E-state index contributed by atoms with van der Waals surface area (Å²) in [6, 6.07) is 0. The van der Waals surface area contributed by atoms with Gasteiger partial charge in [-0.15, -0.1) is 15.3 Å². The summed E-state index contributed by atoms with van der Waals surface area (Å²) < 4.78 is 45.7. The van der Waals surface area contributed by atoms with Gasteiger partial charge in [0.1, 0.15) is 0 Å². The highest BCUT2D eigenvalue weighted by Gasteiger charge is 2.38. The molecule has 0 aromatic carbocycles. The normalized spacial score (nSPS) is 22.8. The Hall–Kier alpha value is -1.90. The maximum Gasteiger partial charge on any atom is 0.453 e. The van der Waals surface area contributed by atoms with Crippen molar-refractivity contribution in [1.29, 1.82) is 0 Å². The number of hydrogen-bond donors (Lipinski definition) is 0. The van der Waals surface area contributed by atoms with Gasteiger partial charge < -0.3 is 9.64 Å². The Labute approximate surface area is 131 Å². The third-order valence-electron chi connectivity index (χ3n) is 4.04. The molecule has 2 unspecified atom stereocenters. The maximum atomic E-state index is 13.1. The number of hydrogen-bond acceptors (Lipinski definition) is 5. The van der Waals surface area contributed by atoms with Crippen LogP contribution in [0.4, 0.5) is 19.0 Å². The molecule has 1 saturated heterocycles. The molecule has 1 aliphatic rings. The summed E-state index contributed by atoms with van der Waals surface area (Å²) in [4.78, 5) is 1.96. The van der Waals surface area contributed by atoms with Crippen LogP contribution in [-0.2, 0) is 10.9 Å². The number of aryl methyl sites for hydroxylation is 1. The average molecular weight is 329 g/mol. The smallest absolute Gasteiger partial charge is 0.372 e. The van der Waals surface area contributed by atoms with Crippen LogP contribution in [0.5, 0.6) is 0 Å². The van der Waals surface area contributed by atoms with Gasteiger partial charge in [0.2, 0.25) is 0 Å². The van der Waals surface area contributed by atoms with E-state index in [9.17, 15) is 13.2 Å².